The van der Waals surface area contributed by atoms with E-state index in [0.29, 0.717) is 3.57 Å². The smallest absolute Gasteiger partial charge is 0.268 e. The Hall–Kier alpha value is -2.09. The number of aromatic nitrogens is 2. The van der Waals surface area contributed by atoms with Crippen molar-refractivity contribution in [3.05, 3.63) is 56.6 Å². The molecule has 20 heavy (non-hydrogen) atoms. The second-order valence-corrected chi connectivity index (χ2v) is 5.20. The lowest BCUT2D eigenvalue weighted by molar-refractivity contribution is 0.401. The summed E-state index contributed by atoms with van der Waals surface area (Å²) in [6, 6.07) is 10.9. The van der Waals surface area contributed by atoms with E-state index in [0.717, 1.165) is 10.8 Å². The Morgan fingerprint density at radius 3 is 2.65 bits per heavy atom. The van der Waals surface area contributed by atoms with Crippen LogP contribution in [0.4, 0.5) is 0 Å². The zero-order valence-corrected chi connectivity index (χ0v) is 12.3. The number of fused-ring (bicyclic) bond motifs is 1. The van der Waals surface area contributed by atoms with Gasteiger partial charge in [0.2, 0.25) is 5.88 Å². The predicted molar refractivity (Wildman–Crippen MR) is 83.3 cm³/mol. The van der Waals surface area contributed by atoms with Crippen molar-refractivity contribution >= 4 is 33.4 Å². The van der Waals surface area contributed by atoms with Crippen molar-refractivity contribution in [3.8, 4) is 17.4 Å². The van der Waals surface area contributed by atoms with Gasteiger partial charge in [0.1, 0.15) is 3.57 Å². The summed E-state index contributed by atoms with van der Waals surface area (Å²) >= 11 is 1.85. The lowest BCUT2D eigenvalue weighted by atomic mass is 10.1. The monoisotopic (exact) mass is 380 g/mol. The molecule has 0 fully saturated rings. The number of benzene rings is 2. The molecule has 0 aliphatic carbocycles. The number of phenolic OH excluding ortho intramolecular Hbond substituents is 1. The summed E-state index contributed by atoms with van der Waals surface area (Å²) in [5, 5.41) is 11.8. The van der Waals surface area contributed by atoms with E-state index in [-0.39, 0.29) is 22.9 Å². The van der Waals surface area contributed by atoms with Crippen LogP contribution in [0.2, 0.25) is 0 Å². The first-order valence-corrected chi connectivity index (χ1v) is 6.86. The molecule has 0 saturated carbocycles. The van der Waals surface area contributed by atoms with Gasteiger partial charge in [0.05, 0.1) is 6.33 Å². The van der Waals surface area contributed by atoms with Crippen molar-refractivity contribution in [1.29, 1.82) is 0 Å². The maximum Gasteiger partial charge on any atom is 0.268 e. The third-order valence-corrected chi connectivity index (χ3v) is 3.75. The Bertz CT molecular complexity index is 845. The van der Waals surface area contributed by atoms with E-state index in [4.69, 9.17) is 4.74 Å². The Morgan fingerprint density at radius 1 is 1.20 bits per heavy atom. The summed E-state index contributed by atoms with van der Waals surface area (Å²) in [5.41, 5.74) is -0.282. The van der Waals surface area contributed by atoms with Crippen molar-refractivity contribution in [2.24, 2.45) is 0 Å². The first-order chi connectivity index (χ1) is 9.65. The molecule has 1 aromatic heterocycles. The molecule has 5 nitrogen and oxygen atoms in total. The number of hydrogen-bond donors (Lipinski definition) is 2. The van der Waals surface area contributed by atoms with Gasteiger partial charge in [-0.25, -0.2) is 4.98 Å². The highest BCUT2D eigenvalue weighted by atomic mass is 127. The molecule has 2 N–H and O–H groups in total. The maximum absolute atomic E-state index is 11.5. The van der Waals surface area contributed by atoms with E-state index in [2.05, 4.69) is 9.97 Å². The number of H-pyrrole nitrogens is 1. The SMILES string of the molecule is O=c1[nH]cnc(Oc2cc3ccccc3cc2O)c1I. The first-order valence-electron chi connectivity index (χ1n) is 5.78. The Kier molecular flexibility index (Phi) is 3.31. The van der Waals surface area contributed by atoms with Crippen LogP contribution in [-0.2, 0) is 0 Å². The van der Waals surface area contributed by atoms with Crippen molar-refractivity contribution in [2.45, 2.75) is 0 Å². The van der Waals surface area contributed by atoms with Crippen molar-refractivity contribution < 1.29 is 9.84 Å². The average molecular weight is 380 g/mol. The molecule has 0 spiro atoms. The fourth-order valence-corrected chi connectivity index (χ4v) is 2.24. The Balaban J connectivity index is 2.08. The summed E-state index contributed by atoms with van der Waals surface area (Å²) in [7, 11) is 0. The molecule has 100 valence electrons. The molecule has 0 bridgehead atoms. The normalized spacial score (nSPS) is 10.7. The average Bonchev–Trinajstić information content (AvgIpc) is 2.44. The summed E-state index contributed by atoms with van der Waals surface area (Å²) in [4.78, 5) is 17.9. The molecule has 0 amide bonds. The van der Waals surface area contributed by atoms with Crippen LogP contribution in [0.25, 0.3) is 10.8 Å². The number of rotatable bonds is 2. The predicted octanol–water partition coefficient (Wildman–Crippen LogP) is 3.03. The van der Waals surface area contributed by atoms with Crippen LogP contribution in [0, 0.1) is 3.57 Å². The summed E-state index contributed by atoms with van der Waals surface area (Å²) in [5.74, 6) is 0.432. The van der Waals surface area contributed by atoms with E-state index in [1.54, 1.807) is 12.1 Å². The van der Waals surface area contributed by atoms with Crippen LogP contribution in [-0.4, -0.2) is 15.1 Å². The summed E-state index contributed by atoms with van der Waals surface area (Å²) in [6.45, 7) is 0. The number of aromatic amines is 1. The topological polar surface area (TPSA) is 75.2 Å². The van der Waals surface area contributed by atoms with Crippen LogP contribution in [0.1, 0.15) is 0 Å². The largest absolute Gasteiger partial charge is 0.504 e. The van der Waals surface area contributed by atoms with Gasteiger partial charge in [0.15, 0.2) is 11.5 Å². The van der Waals surface area contributed by atoms with Gasteiger partial charge >= 0.3 is 0 Å². The van der Waals surface area contributed by atoms with Crippen LogP contribution in [0.15, 0.2) is 47.5 Å². The minimum Gasteiger partial charge on any atom is -0.504 e. The molecule has 0 atom stereocenters. The molecule has 0 aliphatic rings. The summed E-state index contributed by atoms with van der Waals surface area (Å²) < 4.78 is 5.87. The minimum absolute atomic E-state index is 0.00146. The third-order valence-electron chi connectivity index (χ3n) is 2.80. The molecule has 0 saturated heterocycles. The second kappa shape index (κ2) is 5.12. The fourth-order valence-electron chi connectivity index (χ4n) is 1.83. The van der Waals surface area contributed by atoms with Gasteiger partial charge in [-0.3, -0.25) is 4.79 Å². The number of halogens is 1. The highest BCUT2D eigenvalue weighted by Crippen LogP contribution is 2.34. The fraction of sp³-hybridized carbons (Fsp3) is 0. The van der Waals surface area contributed by atoms with Crippen LogP contribution in [0.5, 0.6) is 17.4 Å². The molecule has 2 aromatic carbocycles. The van der Waals surface area contributed by atoms with Crippen molar-refractivity contribution in [3.63, 3.8) is 0 Å². The van der Waals surface area contributed by atoms with E-state index < -0.39 is 0 Å². The number of aromatic hydroxyl groups is 1. The second-order valence-electron chi connectivity index (χ2n) is 4.12. The standard InChI is InChI=1S/C14H9IN2O3/c15-12-13(19)16-7-17-14(12)20-11-6-9-4-2-1-3-8(9)5-10(11)18/h1-7,18H,(H,16,17,19). The molecule has 0 aliphatic heterocycles. The number of phenols is 1. The number of ether oxygens (including phenoxy) is 1. The van der Waals surface area contributed by atoms with Gasteiger partial charge in [-0.2, -0.15) is 0 Å². The maximum atomic E-state index is 11.5. The highest BCUT2D eigenvalue weighted by Gasteiger charge is 2.11. The minimum atomic E-state index is -0.282. The Morgan fingerprint density at radius 2 is 1.90 bits per heavy atom. The molecular weight excluding hydrogens is 371 g/mol. The van der Waals surface area contributed by atoms with Crippen molar-refractivity contribution in [1.82, 2.24) is 9.97 Å². The van der Waals surface area contributed by atoms with E-state index in [1.165, 1.54) is 6.33 Å². The quantitative estimate of drug-likeness (QED) is 0.671. The van der Waals surface area contributed by atoms with Gasteiger partial charge < -0.3 is 14.8 Å². The number of nitrogens with zero attached hydrogens (tertiary/aromatic N) is 1. The molecule has 1 heterocycles. The van der Waals surface area contributed by atoms with E-state index >= 15 is 0 Å². The molecule has 0 radical (unpaired) electrons. The van der Waals surface area contributed by atoms with Gasteiger partial charge in [0, 0.05) is 0 Å². The zero-order valence-electron chi connectivity index (χ0n) is 10.1. The lowest BCUT2D eigenvalue weighted by Crippen LogP contribution is -2.11. The van der Waals surface area contributed by atoms with Gasteiger partial charge in [-0.15, -0.1) is 0 Å². The molecule has 0 unspecified atom stereocenters. The van der Waals surface area contributed by atoms with Crippen LogP contribution in [0.3, 0.4) is 0 Å². The van der Waals surface area contributed by atoms with Crippen LogP contribution < -0.4 is 10.3 Å². The molecule has 3 aromatic rings. The zero-order chi connectivity index (χ0) is 14.1. The van der Waals surface area contributed by atoms with Gasteiger partial charge in [0.25, 0.3) is 5.56 Å². The molecule has 3 rings (SSSR count). The van der Waals surface area contributed by atoms with Gasteiger partial charge in [-0.1, -0.05) is 24.3 Å². The molecular formula is C14H9IN2O3. The van der Waals surface area contributed by atoms with E-state index in [9.17, 15) is 9.90 Å². The van der Waals surface area contributed by atoms with Crippen molar-refractivity contribution in [2.75, 3.05) is 0 Å². The highest BCUT2D eigenvalue weighted by molar-refractivity contribution is 14.1. The third kappa shape index (κ3) is 2.34. The van der Waals surface area contributed by atoms with Gasteiger partial charge in [-0.05, 0) is 45.5 Å². The van der Waals surface area contributed by atoms with E-state index in [1.807, 2.05) is 46.9 Å². The lowest BCUT2D eigenvalue weighted by Gasteiger charge is -2.09. The Labute approximate surface area is 127 Å². The number of hydrogen-bond acceptors (Lipinski definition) is 4. The first kappa shape index (κ1) is 12.9. The van der Waals surface area contributed by atoms with Crippen LogP contribution >= 0.6 is 22.6 Å². The molecule has 6 heteroatoms. The number of nitrogens with one attached hydrogen (secondary N) is 1. The summed E-state index contributed by atoms with van der Waals surface area (Å²) in [6.07, 6.45) is 1.26.